The lowest BCUT2D eigenvalue weighted by atomic mass is 10.1. The molecule has 2 aromatic rings. The predicted molar refractivity (Wildman–Crippen MR) is 79.3 cm³/mol. The van der Waals surface area contributed by atoms with Crippen molar-refractivity contribution in [2.24, 2.45) is 0 Å². The first-order valence-corrected chi connectivity index (χ1v) is 7.05. The lowest BCUT2D eigenvalue weighted by Gasteiger charge is -2.15. The van der Waals surface area contributed by atoms with Gasteiger partial charge >= 0.3 is 0 Å². The third-order valence-electron chi connectivity index (χ3n) is 3.28. The molecule has 1 heterocycles. The molecule has 4 heteroatoms. The minimum absolute atomic E-state index is 0.0932. The SMILES string of the molecule is O=C1NCCCOC1c1cccc(Oc2ccccc2)c1. The van der Waals surface area contributed by atoms with Crippen LogP contribution in [0.3, 0.4) is 0 Å². The first-order chi connectivity index (χ1) is 10.3. The summed E-state index contributed by atoms with van der Waals surface area (Å²) in [4.78, 5) is 12.0. The van der Waals surface area contributed by atoms with Gasteiger partial charge in [-0.25, -0.2) is 0 Å². The van der Waals surface area contributed by atoms with Gasteiger partial charge in [-0.3, -0.25) is 4.79 Å². The summed E-state index contributed by atoms with van der Waals surface area (Å²) in [6.07, 6.45) is 0.273. The zero-order valence-corrected chi connectivity index (χ0v) is 11.6. The quantitative estimate of drug-likeness (QED) is 0.941. The molecule has 4 nitrogen and oxygen atoms in total. The minimum atomic E-state index is -0.563. The smallest absolute Gasteiger partial charge is 0.253 e. The van der Waals surface area contributed by atoms with Crippen LogP contribution >= 0.6 is 0 Å². The van der Waals surface area contributed by atoms with Crippen molar-refractivity contribution in [3.8, 4) is 11.5 Å². The van der Waals surface area contributed by atoms with Gasteiger partial charge in [0.05, 0.1) is 0 Å². The monoisotopic (exact) mass is 283 g/mol. The van der Waals surface area contributed by atoms with Crippen LogP contribution in [0.5, 0.6) is 11.5 Å². The van der Waals surface area contributed by atoms with Crippen LogP contribution in [0.1, 0.15) is 18.1 Å². The number of carbonyl (C=O) groups excluding carboxylic acids is 1. The Labute approximate surface area is 123 Å². The summed E-state index contributed by atoms with van der Waals surface area (Å²) in [5.74, 6) is 1.37. The average molecular weight is 283 g/mol. The van der Waals surface area contributed by atoms with Gasteiger partial charge in [0, 0.05) is 13.2 Å². The van der Waals surface area contributed by atoms with Crippen molar-refractivity contribution in [1.29, 1.82) is 0 Å². The maximum Gasteiger partial charge on any atom is 0.253 e. The fourth-order valence-electron chi connectivity index (χ4n) is 2.27. The van der Waals surface area contributed by atoms with Gasteiger partial charge < -0.3 is 14.8 Å². The van der Waals surface area contributed by atoms with E-state index in [-0.39, 0.29) is 5.91 Å². The molecule has 1 aliphatic rings. The second kappa shape index (κ2) is 6.41. The van der Waals surface area contributed by atoms with Gasteiger partial charge in [-0.2, -0.15) is 0 Å². The molecule has 108 valence electrons. The molecule has 0 aromatic heterocycles. The lowest BCUT2D eigenvalue weighted by Crippen LogP contribution is -2.28. The Bertz CT molecular complexity index is 612. The van der Waals surface area contributed by atoms with Crippen LogP contribution in [0.2, 0.25) is 0 Å². The molecule has 0 spiro atoms. The molecular formula is C17H17NO3. The van der Waals surface area contributed by atoms with Crippen LogP contribution in [0.25, 0.3) is 0 Å². The molecule has 2 aromatic carbocycles. The van der Waals surface area contributed by atoms with E-state index >= 15 is 0 Å². The highest BCUT2D eigenvalue weighted by molar-refractivity contribution is 5.82. The zero-order chi connectivity index (χ0) is 14.5. The van der Waals surface area contributed by atoms with Gasteiger partial charge in [0.25, 0.3) is 5.91 Å². The molecule has 0 bridgehead atoms. The van der Waals surface area contributed by atoms with Gasteiger partial charge in [-0.1, -0.05) is 30.3 Å². The molecule has 0 radical (unpaired) electrons. The van der Waals surface area contributed by atoms with E-state index in [1.807, 2.05) is 54.6 Å². The molecule has 0 aliphatic carbocycles. The molecule has 0 saturated carbocycles. The summed E-state index contributed by atoms with van der Waals surface area (Å²) in [7, 11) is 0. The molecule has 1 aliphatic heterocycles. The van der Waals surface area contributed by atoms with Crippen molar-refractivity contribution in [3.63, 3.8) is 0 Å². The highest BCUT2D eigenvalue weighted by Gasteiger charge is 2.23. The number of hydrogen-bond acceptors (Lipinski definition) is 3. The maximum absolute atomic E-state index is 12.0. The van der Waals surface area contributed by atoms with Gasteiger partial charge in [0.2, 0.25) is 0 Å². The van der Waals surface area contributed by atoms with Gasteiger partial charge in [0.1, 0.15) is 11.5 Å². The summed E-state index contributed by atoms with van der Waals surface area (Å²) in [6, 6.07) is 17.0. The fourth-order valence-corrected chi connectivity index (χ4v) is 2.27. The molecule has 1 unspecified atom stereocenters. The Balaban J connectivity index is 1.80. The fraction of sp³-hybridized carbons (Fsp3) is 0.235. The summed E-state index contributed by atoms with van der Waals surface area (Å²) in [6.45, 7) is 1.24. The van der Waals surface area contributed by atoms with Gasteiger partial charge in [-0.15, -0.1) is 0 Å². The second-order valence-electron chi connectivity index (χ2n) is 4.88. The summed E-state index contributed by atoms with van der Waals surface area (Å²) in [5.41, 5.74) is 0.808. The molecule has 3 rings (SSSR count). The van der Waals surface area contributed by atoms with Crippen LogP contribution in [0.4, 0.5) is 0 Å². The van der Waals surface area contributed by atoms with Crippen molar-refractivity contribution in [2.75, 3.05) is 13.2 Å². The van der Waals surface area contributed by atoms with Crippen molar-refractivity contribution < 1.29 is 14.3 Å². The Morgan fingerprint density at radius 2 is 1.86 bits per heavy atom. The number of amides is 1. The molecule has 1 fully saturated rings. The molecule has 1 N–H and O–H groups in total. The number of carbonyl (C=O) groups is 1. The van der Waals surface area contributed by atoms with Crippen LogP contribution in [-0.2, 0) is 9.53 Å². The number of hydrogen-bond donors (Lipinski definition) is 1. The highest BCUT2D eigenvalue weighted by Crippen LogP contribution is 2.26. The van der Waals surface area contributed by atoms with Crippen LogP contribution < -0.4 is 10.1 Å². The van der Waals surface area contributed by atoms with Crippen LogP contribution in [0.15, 0.2) is 54.6 Å². The topological polar surface area (TPSA) is 47.6 Å². The largest absolute Gasteiger partial charge is 0.457 e. The normalized spacial score (nSPS) is 18.7. The van der Waals surface area contributed by atoms with Crippen LogP contribution in [0, 0.1) is 0 Å². The second-order valence-corrected chi connectivity index (χ2v) is 4.88. The first-order valence-electron chi connectivity index (χ1n) is 7.05. The van der Waals surface area contributed by atoms with Crippen molar-refractivity contribution >= 4 is 5.91 Å². The Morgan fingerprint density at radius 1 is 1.05 bits per heavy atom. The number of nitrogens with one attached hydrogen (secondary N) is 1. The van der Waals surface area contributed by atoms with E-state index in [4.69, 9.17) is 9.47 Å². The molecule has 1 atom stereocenters. The molecule has 1 saturated heterocycles. The average Bonchev–Trinajstić information content (AvgIpc) is 2.73. The lowest BCUT2D eigenvalue weighted by molar-refractivity contribution is -0.131. The summed E-state index contributed by atoms with van der Waals surface area (Å²) in [5, 5.41) is 2.86. The van der Waals surface area contributed by atoms with E-state index in [0.29, 0.717) is 18.9 Å². The molecular weight excluding hydrogens is 266 g/mol. The van der Waals surface area contributed by atoms with E-state index in [0.717, 1.165) is 17.7 Å². The van der Waals surface area contributed by atoms with E-state index in [1.165, 1.54) is 0 Å². The minimum Gasteiger partial charge on any atom is -0.457 e. The zero-order valence-electron chi connectivity index (χ0n) is 11.6. The number of rotatable bonds is 3. The summed E-state index contributed by atoms with van der Waals surface area (Å²) >= 11 is 0. The Hall–Kier alpha value is -2.33. The van der Waals surface area contributed by atoms with E-state index in [2.05, 4.69) is 5.32 Å². The molecule has 1 amide bonds. The van der Waals surface area contributed by atoms with Crippen molar-refractivity contribution in [3.05, 3.63) is 60.2 Å². The first kappa shape index (κ1) is 13.6. The third-order valence-corrected chi connectivity index (χ3v) is 3.28. The standard InChI is InChI=1S/C17H17NO3/c19-17-16(20-11-5-10-18-17)13-6-4-9-15(12-13)21-14-7-2-1-3-8-14/h1-4,6-9,12,16H,5,10-11H2,(H,18,19). The number of para-hydroxylation sites is 1. The number of benzene rings is 2. The number of ether oxygens (including phenoxy) is 2. The highest BCUT2D eigenvalue weighted by atomic mass is 16.5. The van der Waals surface area contributed by atoms with Crippen molar-refractivity contribution in [1.82, 2.24) is 5.32 Å². The van der Waals surface area contributed by atoms with E-state index in [1.54, 1.807) is 0 Å². The van der Waals surface area contributed by atoms with Crippen molar-refractivity contribution in [2.45, 2.75) is 12.5 Å². The Kier molecular flexibility index (Phi) is 4.17. The predicted octanol–water partition coefficient (Wildman–Crippen LogP) is 3.06. The maximum atomic E-state index is 12.0. The van der Waals surface area contributed by atoms with Gasteiger partial charge in [0.15, 0.2) is 6.10 Å². The van der Waals surface area contributed by atoms with Gasteiger partial charge in [-0.05, 0) is 36.2 Å². The molecule has 21 heavy (non-hydrogen) atoms. The van der Waals surface area contributed by atoms with Crippen LogP contribution in [-0.4, -0.2) is 19.1 Å². The van der Waals surface area contributed by atoms with E-state index in [9.17, 15) is 4.79 Å². The summed E-state index contributed by atoms with van der Waals surface area (Å²) < 4.78 is 11.4. The Morgan fingerprint density at radius 3 is 2.71 bits per heavy atom. The third kappa shape index (κ3) is 3.41. The van der Waals surface area contributed by atoms with E-state index < -0.39 is 6.10 Å².